The van der Waals surface area contributed by atoms with Crippen molar-refractivity contribution in [2.45, 2.75) is 25.5 Å². The molecule has 0 aromatic carbocycles. The van der Waals surface area contributed by atoms with Crippen LogP contribution in [-0.4, -0.2) is 54.2 Å². The van der Waals surface area contributed by atoms with Gasteiger partial charge in [0, 0.05) is 32.8 Å². The van der Waals surface area contributed by atoms with E-state index in [1.807, 2.05) is 17.0 Å². The molecule has 1 amide bonds. The van der Waals surface area contributed by atoms with Crippen LogP contribution in [0.5, 0.6) is 0 Å². The fourth-order valence-electron chi connectivity index (χ4n) is 3.07. The number of piperidine rings is 1. The van der Waals surface area contributed by atoms with Gasteiger partial charge >= 0.3 is 0 Å². The Morgan fingerprint density at radius 3 is 3.10 bits per heavy atom. The number of fused-ring (bicyclic) bond motifs is 1. The number of aromatic nitrogens is 1. The van der Waals surface area contributed by atoms with Crippen molar-refractivity contribution in [1.29, 1.82) is 0 Å². The highest BCUT2D eigenvalue weighted by Crippen LogP contribution is 2.29. The van der Waals surface area contributed by atoms with Gasteiger partial charge in [0.1, 0.15) is 5.82 Å². The van der Waals surface area contributed by atoms with E-state index in [0.717, 1.165) is 29.8 Å². The average molecular weight is 340 g/mol. The van der Waals surface area contributed by atoms with Crippen LogP contribution in [0.2, 0.25) is 0 Å². The van der Waals surface area contributed by atoms with E-state index in [0.29, 0.717) is 13.2 Å². The zero-order valence-electron chi connectivity index (χ0n) is 11.5. The second-order valence-corrected chi connectivity index (χ2v) is 6.09. The normalized spacial score (nSPS) is 26.3. The van der Waals surface area contributed by atoms with Gasteiger partial charge in [0.05, 0.1) is 23.2 Å². The molecule has 5 nitrogen and oxygen atoms in total. The zero-order chi connectivity index (χ0) is 14.1. The Morgan fingerprint density at radius 2 is 2.35 bits per heavy atom. The molecule has 2 aliphatic rings. The van der Waals surface area contributed by atoms with Crippen LogP contribution in [0.25, 0.3) is 0 Å². The Hall–Kier alpha value is -1.14. The average Bonchev–Trinajstić information content (AvgIpc) is 2.46. The molecule has 0 aliphatic carbocycles. The molecule has 0 saturated carbocycles. The van der Waals surface area contributed by atoms with Crippen LogP contribution < -0.4 is 4.90 Å². The van der Waals surface area contributed by atoms with Gasteiger partial charge in [-0.25, -0.2) is 4.98 Å². The lowest BCUT2D eigenvalue weighted by Crippen LogP contribution is -2.61. The summed E-state index contributed by atoms with van der Waals surface area (Å²) in [5.41, 5.74) is 0. The third kappa shape index (κ3) is 2.54. The smallest absolute Gasteiger partial charge is 0.219 e. The lowest BCUT2D eigenvalue weighted by atomic mass is 9.98. The van der Waals surface area contributed by atoms with Gasteiger partial charge in [0.15, 0.2) is 0 Å². The lowest BCUT2D eigenvalue weighted by Gasteiger charge is -2.47. The Kier molecular flexibility index (Phi) is 3.94. The van der Waals surface area contributed by atoms with Crippen molar-refractivity contribution in [1.82, 2.24) is 9.88 Å². The van der Waals surface area contributed by atoms with Crippen LogP contribution >= 0.6 is 15.9 Å². The van der Waals surface area contributed by atoms with Gasteiger partial charge in [-0.15, -0.1) is 0 Å². The number of anilines is 1. The number of rotatable bonds is 1. The van der Waals surface area contributed by atoms with Gasteiger partial charge in [-0.2, -0.15) is 0 Å². The van der Waals surface area contributed by atoms with Crippen LogP contribution in [0.4, 0.5) is 5.82 Å². The largest absolute Gasteiger partial charge is 0.374 e. The summed E-state index contributed by atoms with van der Waals surface area (Å²) in [5, 5.41) is 0. The number of ether oxygens (including phenoxy) is 1. The Labute approximate surface area is 127 Å². The molecule has 108 valence electrons. The van der Waals surface area contributed by atoms with Crippen LogP contribution in [0.3, 0.4) is 0 Å². The number of hydrogen-bond donors (Lipinski definition) is 0. The van der Waals surface area contributed by atoms with Gasteiger partial charge in [-0.1, -0.05) is 0 Å². The molecule has 2 aliphatic heterocycles. The topological polar surface area (TPSA) is 45.7 Å². The first kappa shape index (κ1) is 13.8. The third-order valence-electron chi connectivity index (χ3n) is 4.03. The molecule has 3 heterocycles. The molecule has 3 rings (SSSR count). The van der Waals surface area contributed by atoms with Gasteiger partial charge in [0.2, 0.25) is 5.91 Å². The SMILES string of the molecule is CC(=O)N1CCOC2CCN(c3ncccc3Br)CC21. The lowest BCUT2D eigenvalue weighted by molar-refractivity contribution is -0.145. The molecule has 6 heteroatoms. The fourth-order valence-corrected chi connectivity index (χ4v) is 3.57. The molecule has 1 aromatic heterocycles. The first-order valence-electron chi connectivity index (χ1n) is 6.91. The van der Waals surface area contributed by atoms with Crippen molar-refractivity contribution in [2.75, 3.05) is 31.1 Å². The summed E-state index contributed by atoms with van der Waals surface area (Å²) in [5.74, 6) is 1.07. The van der Waals surface area contributed by atoms with Crippen LogP contribution in [0.1, 0.15) is 13.3 Å². The number of morpholine rings is 1. The number of carbonyl (C=O) groups excluding carboxylic acids is 1. The maximum Gasteiger partial charge on any atom is 0.219 e. The van der Waals surface area contributed by atoms with Gasteiger partial charge in [-0.3, -0.25) is 4.79 Å². The molecular formula is C14H18BrN3O2. The molecule has 2 atom stereocenters. The first-order valence-corrected chi connectivity index (χ1v) is 7.70. The number of carbonyl (C=O) groups is 1. The van der Waals surface area contributed by atoms with Crippen molar-refractivity contribution < 1.29 is 9.53 Å². The summed E-state index contributed by atoms with van der Waals surface area (Å²) >= 11 is 3.55. The van der Waals surface area contributed by atoms with Crippen LogP contribution in [0.15, 0.2) is 22.8 Å². The Bertz CT molecular complexity index is 511. The number of hydrogen-bond acceptors (Lipinski definition) is 4. The molecule has 0 radical (unpaired) electrons. The molecule has 2 saturated heterocycles. The second-order valence-electron chi connectivity index (χ2n) is 5.23. The highest BCUT2D eigenvalue weighted by atomic mass is 79.9. The minimum Gasteiger partial charge on any atom is -0.374 e. The fraction of sp³-hybridized carbons (Fsp3) is 0.571. The molecule has 20 heavy (non-hydrogen) atoms. The molecule has 2 fully saturated rings. The quantitative estimate of drug-likeness (QED) is 0.780. The Morgan fingerprint density at radius 1 is 1.50 bits per heavy atom. The maximum atomic E-state index is 11.8. The van der Waals surface area contributed by atoms with E-state index in [4.69, 9.17) is 4.74 Å². The molecule has 0 N–H and O–H groups in total. The number of nitrogens with zero attached hydrogens (tertiary/aromatic N) is 3. The zero-order valence-corrected chi connectivity index (χ0v) is 13.0. The van der Waals surface area contributed by atoms with E-state index in [2.05, 4.69) is 25.8 Å². The molecule has 1 aromatic rings. The van der Waals surface area contributed by atoms with Crippen molar-refractivity contribution in [3.63, 3.8) is 0 Å². The van der Waals surface area contributed by atoms with Gasteiger partial charge in [-0.05, 0) is 34.5 Å². The molecule has 2 unspecified atom stereocenters. The highest BCUT2D eigenvalue weighted by molar-refractivity contribution is 9.10. The monoisotopic (exact) mass is 339 g/mol. The van der Waals surface area contributed by atoms with Gasteiger partial charge in [0.25, 0.3) is 0 Å². The summed E-state index contributed by atoms with van der Waals surface area (Å²) in [6.45, 7) is 4.65. The molecule has 0 spiro atoms. The number of pyridine rings is 1. The van der Waals surface area contributed by atoms with E-state index in [1.165, 1.54) is 0 Å². The molecule has 0 bridgehead atoms. The predicted octanol–water partition coefficient (Wildman–Crippen LogP) is 1.67. The third-order valence-corrected chi connectivity index (χ3v) is 4.65. The Balaban J connectivity index is 1.81. The van der Waals surface area contributed by atoms with E-state index in [1.54, 1.807) is 13.1 Å². The predicted molar refractivity (Wildman–Crippen MR) is 79.7 cm³/mol. The van der Waals surface area contributed by atoms with Crippen molar-refractivity contribution in [2.24, 2.45) is 0 Å². The van der Waals surface area contributed by atoms with E-state index in [9.17, 15) is 4.79 Å². The summed E-state index contributed by atoms with van der Waals surface area (Å²) in [6, 6.07) is 4.03. The minimum atomic E-state index is 0.129. The van der Waals surface area contributed by atoms with Crippen molar-refractivity contribution in [3.8, 4) is 0 Å². The van der Waals surface area contributed by atoms with Crippen molar-refractivity contribution >= 4 is 27.7 Å². The minimum absolute atomic E-state index is 0.129. The maximum absolute atomic E-state index is 11.8. The number of amides is 1. The van der Waals surface area contributed by atoms with E-state index >= 15 is 0 Å². The van der Waals surface area contributed by atoms with E-state index in [-0.39, 0.29) is 18.1 Å². The standard InChI is InChI=1S/C14H18BrN3O2/c1-10(19)18-7-8-20-13-4-6-17(9-12(13)18)14-11(15)3-2-5-16-14/h2-3,5,12-13H,4,6-9H2,1H3. The molecular weight excluding hydrogens is 322 g/mol. The summed E-state index contributed by atoms with van der Waals surface area (Å²) in [4.78, 5) is 20.4. The summed E-state index contributed by atoms with van der Waals surface area (Å²) < 4.78 is 6.81. The first-order chi connectivity index (χ1) is 9.66. The van der Waals surface area contributed by atoms with E-state index < -0.39 is 0 Å². The summed E-state index contributed by atoms with van der Waals surface area (Å²) in [6.07, 6.45) is 2.88. The van der Waals surface area contributed by atoms with Crippen LogP contribution in [-0.2, 0) is 9.53 Å². The van der Waals surface area contributed by atoms with Gasteiger partial charge < -0.3 is 14.5 Å². The highest BCUT2D eigenvalue weighted by Gasteiger charge is 2.38. The second kappa shape index (κ2) is 5.69. The number of halogens is 1. The van der Waals surface area contributed by atoms with Crippen LogP contribution in [0, 0.1) is 0 Å². The van der Waals surface area contributed by atoms with Crippen molar-refractivity contribution in [3.05, 3.63) is 22.8 Å². The summed E-state index contributed by atoms with van der Waals surface area (Å²) in [7, 11) is 0.